The monoisotopic (exact) mass is 326 g/mol. The van der Waals surface area contributed by atoms with E-state index in [4.69, 9.17) is 14.6 Å². The second-order valence-corrected chi connectivity index (χ2v) is 4.87. The highest BCUT2D eigenvalue weighted by molar-refractivity contribution is 5.98. The topological polar surface area (TPSA) is 105 Å². The number of carbonyl (C=O) groups is 3. The Morgan fingerprint density at radius 3 is 2.09 bits per heavy atom. The highest BCUT2D eigenvalue weighted by atomic mass is 19.4. The zero-order valence-electron chi connectivity index (χ0n) is 11.6. The third kappa shape index (κ3) is 5.98. The van der Waals surface area contributed by atoms with E-state index in [1.807, 2.05) is 0 Å². The van der Waals surface area contributed by atoms with Gasteiger partial charge in [0.2, 0.25) is 5.91 Å². The Bertz CT molecular complexity index is 417. The van der Waals surface area contributed by atoms with E-state index < -0.39 is 18.2 Å². The van der Waals surface area contributed by atoms with Crippen molar-refractivity contribution in [1.29, 1.82) is 0 Å². The molecule has 1 atom stereocenters. The molecule has 2 fully saturated rings. The first-order chi connectivity index (χ1) is 10.2. The summed E-state index contributed by atoms with van der Waals surface area (Å²) in [6.07, 6.45) is -2.78. The first-order valence-corrected chi connectivity index (χ1v) is 6.69. The van der Waals surface area contributed by atoms with E-state index in [0.29, 0.717) is 19.7 Å². The van der Waals surface area contributed by atoms with Gasteiger partial charge in [0.05, 0.1) is 5.92 Å². The predicted molar refractivity (Wildman–Crippen MR) is 66.8 cm³/mol. The Morgan fingerprint density at radius 1 is 1.14 bits per heavy atom. The zero-order chi connectivity index (χ0) is 16.8. The lowest BCUT2D eigenvalue weighted by Gasteiger charge is -2.27. The molecule has 10 heteroatoms. The summed E-state index contributed by atoms with van der Waals surface area (Å²) in [5.41, 5.74) is 0. The molecule has 2 rings (SSSR count). The van der Waals surface area contributed by atoms with E-state index in [2.05, 4.69) is 10.6 Å². The summed E-state index contributed by atoms with van der Waals surface area (Å²) < 4.78 is 37.0. The number of hydrogen-bond donors (Lipinski definition) is 3. The van der Waals surface area contributed by atoms with E-state index in [1.54, 1.807) is 0 Å². The van der Waals surface area contributed by atoms with Gasteiger partial charge < -0.3 is 15.2 Å². The van der Waals surface area contributed by atoms with E-state index in [9.17, 15) is 22.8 Å². The van der Waals surface area contributed by atoms with Crippen LogP contribution in [-0.2, 0) is 19.1 Å². The summed E-state index contributed by atoms with van der Waals surface area (Å²) in [4.78, 5) is 31.9. The smallest absolute Gasteiger partial charge is 0.475 e. The van der Waals surface area contributed by atoms with E-state index in [1.165, 1.54) is 0 Å². The molecular formula is C12H17F3N2O5. The SMILES string of the molecule is O=C(NC(=O)C1CCCCO1)C1CNC1.O=C(O)C(F)(F)F. The van der Waals surface area contributed by atoms with Gasteiger partial charge in [-0.15, -0.1) is 0 Å². The number of amides is 2. The van der Waals surface area contributed by atoms with Gasteiger partial charge in [0.15, 0.2) is 0 Å². The van der Waals surface area contributed by atoms with Crippen LogP contribution in [0.2, 0.25) is 0 Å². The minimum atomic E-state index is -5.08. The number of imide groups is 1. The second kappa shape index (κ2) is 8.08. The molecule has 2 aliphatic rings. The lowest BCUT2D eigenvalue weighted by molar-refractivity contribution is -0.192. The van der Waals surface area contributed by atoms with Crippen LogP contribution in [0, 0.1) is 5.92 Å². The van der Waals surface area contributed by atoms with Gasteiger partial charge in [-0.2, -0.15) is 13.2 Å². The van der Waals surface area contributed by atoms with Crippen LogP contribution in [0.1, 0.15) is 19.3 Å². The highest BCUT2D eigenvalue weighted by Gasteiger charge is 2.38. The number of ether oxygens (including phenoxy) is 1. The fraction of sp³-hybridized carbons (Fsp3) is 0.750. The summed E-state index contributed by atoms with van der Waals surface area (Å²) in [6, 6.07) is 0. The average Bonchev–Trinajstić information content (AvgIpc) is 2.37. The van der Waals surface area contributed by atoms with E-state index in [0.717, 1.165) is 19.3 Å². The van der Waals surface area contributed by atoms with Crippen LogP contribution in [0.25, 0.3) is 0 Å². The van der Waals surface area contributed by atoms with E-state index >= 15 is 0 Å². The van der Waals surface area contributed by atoms with Crippen LogP contribution in [-0.4, -0.2) is 54.9 Å². The first kappa shape index (κ1) is 18.4. The van der Waals surface area contributed by atoms with Gasteiger partial charge in [-0.1, -0.05) is 0 Å². The predicted octanol–water partition coefficient (Wildman–Crippen LogP) is 0.0510. The van der Waals surface area contributed by atoms with Crippen molar-refractivity contribution in [2.24, 2.45) is 5.92 Å². The molecule has 2 aliphatic heterocycles. The summed E-state index contributed by atoms with van der Waals surface area (Å²) >= 11 is 0. The molecule has 0 aromatic heterocycles. The molecule has 1 unspecified atom stereocenters. The number of halogens is 3. The van der Waals surface area contributed by atoms with Gasteiger partial charge in [-0.25, -0.2) is 4.79 Å². The number of carbonyl (C=O) groups excluding carboxylic acids is 2. The summed E-state index contributed by atoms with van der Waals surface area (Å²) in [7, 11) is 0. The highest BCUT2D eigenvalue weighted by Crippen LogP contribution is 2.13. The molecule has 7 nitrogen and oxygen atoms in total. The number of hydrogen-bond acceptors (Lipinski definition) is 5. The van der Waals surface area contributed by atoms with Crippen molar-refractivity contribution in [2.45, 2.75) is 31.5 Å². The number of rotatable bonds is 2. The van der Waals surface area contributed by atoms with Crippen LogP contribution < -0.4 is 10.6 Å². The Balaban J connectivity index is 0.000000295. The van der Waals surface area contributed by atoms with Crippen LogP contribution in [0.5, 0.6) is 0 Å². The Labute approximate surface area is 124 Å². The van der Waals surface area contributed by atoms with Crippen molar-refractivity contribution < 1.29 is 37.4 Å². The number of carboxylic acid groups (broad SMARTS) is 1. The molecule has 0 bridgehead atoms. The molecule has 2 heterocycles. The Morgan fingerprint density at radius 2 is 1.73 bits per heavy atom. The molecule has 0 aromatic carbocycles. The molecule has 3 N–H and O–H groups in total. The molecule has 0 spiro atoms. The van der Waals surface area contributed by atoms with E-state index in [-0.39, 0.29) is 17.7 Å². The van der Waals surface area contributed by atoms with Crippen molar-refractivity contribution in [2.75, 3.05) is 19.7 Å². The average molecular weight is 326 g/mol. The maximum Gasteiger partial charge on any atom is 0.490 e. The van der Waals surface area contributed by atoms with Crippen LogP contribution in [0.3, 0.4) is 0 Å². The van der Waals surface area contributed by atoms with Crippen molar-refractivity contribution in [3.8, 4) is 0 Å². The van der Waals surface area contributed by atoms with Gasteiger partial charge in [-0.3, -0.25) is 14.9 Å². The van der Waals surface area contributed by atoms with Crippen molar-refractivity contribution >= 4 is 17.8 Å². The van der Waals surface area contributed by atoms with Crippen LogP contribution in [0.15, 0.2) is 0 Å². The normalized spacial score (nSPS) is 21.9. The summed E-state index contributed by atoms with van der Waals surface area (Å²) in [6.45, 7) is 1.96. The van der Waals surface area contributed by atoms with Gasteiger partial charge in [-0.05, 0) is 19.3 Å². The molecule has 0 radical (unpaired) electrons. The molecule has 2 saturated heterocycles. The third-order valence-corrected chi connectivity index (χ3v) is 3.11. The Kier molecular flexibility index (Phi) is 6.75. The van der Waals surface area contributed by atoms with Crippen LogP contribution >= 0.6 is 0 Å². The molecule has 0 saturated carbocycles. The van der Waals surface area contributed by atoms with Gasteiger partial charge in [0.25, 0.3) is 5.91 Å². The quantitative estimate of drug-likeness (QED) is 0.620. The second-order valence-electron chi connectivity index (χ2n) is 4.87. The standard InChI is InChI=1S/C10H16N2O3.C2HF3O2/c13-9(7-5-11-6-7)12-10(14)8-3-1-2-4-15-8;3-2(4,5)1(6)7/h7-8,11H,1-6H2,(H,12,13,14);(H,6,7). The summed E-state index contributed by atoms with van der Waals surface area (Å²) in [5, 5.41) is 12.5. The van der Waals surface area contributed by atoms with Crippen LogP contribution in [0.4, 0.5) is 13.2 Å². The van der Waals surface area contributed by atoms with Gasteiger partial charge >= 0.3 is 12.1 Å². The summed E-state index contributed by atoms with van der Waals surface area (Å²) in [5.74, 6) is -3.25. The van der Waals surface area contributed by atoms with Crippen molar-refractivity contribution in [1.82, 2.24) is 10.6 Å². The molecule has 2 amide bonds. The fourth-order valence-corrected chi connectivity index (χ4v) is 1.73. The maximum absolute atomic E-state index is 11.6. The molecule has 0 aromatic rings. The molecule has 22 heavy (non-hydrogen) atoms. The lowest BCUT2D eigenvalue weighted by Crippen LogP contribution is -2.53. The van der Waals surface area contributed by atoms with Gasteiger partial charge in [0, 0.05) is 19.7 Å². The lowest BCUT2D eigenvalue weighted by atomic mass is 10.0. The Hall–Kier alpha value is -1.68. The maximum atomic E-state index is 11.6. The number of aliphatic carboxylic acids is 1. The molecule has 126 valence electrons. The molecular weight excluding hydrogens is 309 g/mol. The first-order valence-electron chi connectivity index (χ1n) is 6.69. The zero-order valence-corrected chi connectivity index (χ0v) is 11.6. The fourth-order valence-electron chi connectivity index (χ4n) is 1.73. The third-order valence-electron chi connectivity index (χ3n) is 3.11. The van der Waals surface area contributed by atoms with Gasteiger partial charge in [0.1, 0.15) is 6.10 Å². The minimum Gasteiger partial charge on any atom is -0.475 e. The minimum absolute atomic E-state index is 0.0439. The largest absolute Gasteiger partial charge is 0.490 e. The van der Waals surface area contributed by atoms with Crippen molar-refractivity contribution in [3.63, 3.8) is 0 Å². The molecule has 0 aliphatic carbocycles. The van der Waals surface area contributed by atoms with Crippen molar-refractivity contribution in [3.05, 3.63) is 0 Å². The number of carboxylic acids is 1. The number of nitrogens with one attached hydrogen (secondary N) is 2. The number of alkyl halides is 3.